The second-order valence-corrected chi connectivity index (χ2v) is 8.84. The zero-order chi connectivity index (χ0) is 17.6. The molecule has 0 radical (unpaired) electrons. The van der Waals surface area contributed by atoms with Crippen LogP contribution in [0.25, 0.3) is 0 Å². The lowest BCUT2D eigenvalue weighted by molar-refractivity contribution is -0.134. The number of hydrogen-bond donors (Lipinski definition) is 2. The number of aliphatic hydroxyl groups excluding tert-OH is 1. The van der Waals surface area contributed by atoms with Gasteiger partial charge in [0.1, 0.15) is 0 Å². The number of unbranched alkanes of at least 4 members (excludes halogenated alkanes) is 5. The third-order valence-corrected chi connectivity index (χ3v) is 7.71. The largest absolute Gasteiger partial charge is 0.478 e. The summed E-state index contributed by atoms with van der Waals surface area (Å²) in [7, 11) is 0. The van der Waals surface area contributed by atoms with Crippen LogP contribution in [0.15, 0.2) is 23.8 Å². The van der Waals surface area contributed by atoms with Gasteiger partial charge in [-0.2, -0.15) is 0 Å². The van der Waals surface area contributed by atoms with E-state index in [2.05, 4.69) is 19.1 Å². The van der Waals surface area contributed by atoms with Gasteiger partial charge in [-0.05, 0) is 54.4 Å². The van der Waals surface area contributed by atoms with Crippen LogP contribution in [0.1, 0.15) is 58.3 Å². The van der Waals surface area contributed by atoms with E-state index < -0.39 is 12.1 Å². The van der Waals surface area contributed by atoms with Gasteiger partial charge in [0.15, 0.2) is 0 Å². The van der Waals surface area contributed by atoms with Crippen molar-refractivity contribution in [2.24, 2.45) is 41.4 Å². The summed E-state index contributed by atoms with van der Waals surface area (Å²) < 4.78 is 0. The van der Waals surface area contributed by atoms with Crippen molar-refractivity contribution in [2.45, 2.75) is 64.4 Å². The van der Waals surface area contributed by atoms with Gasteiger partial charge in [-0.15, -0.1) is 0 Å². The van der Waals surface area contributed by atoms with Crippen LogP contribution in [0, 0.1) is 41.4 Å². The molecule has 138 valence electrons. The van der Waals surface area contributed by atoms with Crippen molar-refractivity contribution in [1.82, 2.24) is 0 Å². The van der Waals surface area contributed by atoms with Gasteiger partial charge < -0.3 is 10.2 Å². The number of carboxylic acid groups (broad SMARTS) is 1. The molecular formula is C22H32O3. The van der Waals surface area contributed by atoms with Crippen LogP contribution in [0.3, 0.4) is 0 Å². The Bertz CT molecular complexity index is 578. The maximum atomic E-state index is 11.6. The first-order valence-electron chi connectivity index (χ1n) is 10.4. The fraction of sp³-hybridized carbons (Fsp3) is 0.773. The average Bonchev–Trinajstić information content (AvgIpc) is 2.95. The number of carboxylic acids is 1. The van der Waals surface area contributed by atoms with Crippen molar-refractivity contribution in [2.75, 3.05) is 0 Å². The summed E-state index contributed by atoms with van der Waals surface area (Å²) in [4.78, 5) is 11.6. The zero-order valence-electron chi connectivity index (χ0n) is 15.3. The van der Waals surface area contributed by atoms with E-state index in [0.717, 1.165) is 18.3 Å². The third-order valence-electron chi connectivity index (χ3n) is 7.71. The Morgan fingerprint density at radius 1 is 1.08 bits per heavy atom. The van der Waals surface area contributed by atoms with E-state index in [9.17, 15) is 15.0 Å². The van der Waals surface area contributed by atoms with Crippen molar-refractivity contribution in [3.63, 3.8) is 0 Å². The molecule has 3 nitrogen and oxygen atoms in total. The Morgan fingerprint density at radius 3 is 2.60 bits per heavy atom. The van der Waals surface area contributed by atoms with Gasteiger partial charge in [-0.1, -0.05) is 57.6 Å². The van der Waals surface area contributed by atoms with E-state index in [0.29, 0.717) is 23.3 Å². The second kappa shape index (κ2) is 6.90. The molecule has 0 heterocycles. The summed E-state index contributed by atoms with van der Waals surface area (Å²) in [5, 5.41) is 20.0. The van der Waals surface area contributed by atoms with Crippen LogP contribution in [-0.2, 0) is 4.79 Å². The van der Waals surface area contributed by atoms with E-state index in [4.69, 9.17) is 0 Å². The predicted octanol–water partition coefficient (Wildman–Crippen LogP) is 4.42. The lowest BCUT2D eigenvalue weighted by Crippen LogP contribution is -2.50. The van der Waals surface area contributed by atoms with Gasteiger partial charge in [0.05, 0.1) is 6.10 Å². The number of aliphatic carboxylic acids is 1. The molecule has 3 heteroatoms. The highest BCUT2D eigenvalue weighted by Gasteiger charge is 2.63. The molecule has 0 saturated heterocycles. The lowest BCUT2D eigenvalue weighted by atomic mass is 9.50. The molecule has 0 aromatic carbocycles. The van der Waals surface area contributed by atoms with Gasteiger partial charge in [0, 0.05) is 11.5 Å². The minimum Gasteiger partial charge on any atom is -0.478 e. The number of allylic oxidation sites excluding steroid dienone is 2. The highest BCUT2D eigenvalue weighted by molar-refractivity contribution is 5.88. The van der Waals surface area contributed by atoms with Gasteiger partial charge >= 0.3 is 5.97 Å². The maximum Gasteiger partial charge on any atom is 0.331 e. The first kappa shape index (κ1) is 17.3. The summed E-state index contributed by atoms with van der Waals surface area (Å²) in [6.45, 7) is 2.26. The minimum absolute atomic E-state index is 0.0344. The van der Waals surface area contributed by atoms with Crippen LogP contribution in [0.4, 0.5) is 0 Å². The summed E-state index contributed by atoms with van der Waals surface area (Å²) >= 11 is 0. The number of carbonyl (C=O) groups is 1. The number of aliphatic hydroxyl groups is 1. The molecule has 0 unspecified atom stereocenters. The molecule has 4 rings (SSSR count). The monoisotopic (exact) mass is 344 g/mol. The fourth-order valence-corrected chi connectivity index (χ4v) is 6.66. The molecule has 0 aromatic rings. The molecule has 4 aliphatic rings. The van der Waals surface area contributed by atoms with Crippen LogP contribution in [-0.4, -0.2) is 22.3 Å². The SMILES string of the molecule is CCCCCCCC[C@@H]1[C@@H]2C=C[C@@H]3C(C(=O)O)=C[C@H](O)[C@@H]4C[C@@H]1[C@H]2[C@H]43. The standard InChI is InChI=1S/C22H32O3/c1-2-3-4-5-6-7-8-13-14-9-10-15-17(22(24)25)12-19(23)18-11-16(13)20(14)21(15)18/h9-10,12-16,18-21,23H,2-8,11H2,1H3,(H,24,25)/t13-,14+,15-,16+,18+,19+,20+,21+/m1/s1. The van der Waals surface area contributed by atoms with Crippen LogP contribution in [0.2, 0.25) is 0 Å². The van der Waals surface area contributed by atoms with Crippen molar-refractivity contribution >= 4 is 5.97 Å². The molecule has 2 saturated carbocycles. The van der Waals surface area contributed by atoms with E-state index in [-0.39, 0.29) is 11.8 Å². The summed E-state index contributed by atoms with van der Waals surface area (Å²) in [6, 6.07) is 0. The molecule has 0 spiro atoms. The Morgan fingerprint density at radius 2 is 1.84 bits per heavy atom. The first-order valence-corrected chi connectivity index (χ1v) is 10.4. The van der Waals surface area contributed by atoms with Crippen LogP contribution in [0.5, 0.6) is 0 Å². The lowest BCUT2D eigenvalue weighted by Gasteiger charge is -2.54. The molecule has 0 amide bonds. The first-order chi connectivity index (χ1) is 12.1. The Balaban J connectivity index is 1.41. The van der Waals surface area contributed by atoms with Crippen LogP contribution >= 0.6 is 0 Å². The molecule has 2 fully saturated rings. The Hall–Kier alpha value is -1.09. The molecule has 2 N–H and O–H groups in total. The molecule has 4 aliphatic carbocycles. The van der Waals surface area contributed by atoms with Crippen molar-refractivity contribution in [3.05, 3.63) is 23.8 Å². The highest BCUT2D eigenvalue weighted by atomic mass is 16.4. The number of rotatable bonds is 8. The summed E-state index contributed by atoms with van der Waals surface area (Å²) in [5.41, 5.74) is 0.434. The van der Waals surface area contributed by atoms with Gasteiger partial charge in [-0.3, -0.25) is 0 Å². The predicted molar refractivity (Wildman–Crippen MR) is 97.9 cm³/mol. The molecule has 8 atom stereocenters. The van der Waals surface area contributed by atoms with E-state index >= 15 is 0 Å². The molecule has 0 aromatic heterocycles. The van der Waals surface area contributed by atoms with Gasteiger partial charge in [0.2, 0.25) is 0 Å². The fourth-order valence-electron chi connectivity index (χ4n) is 6.66. The highest BCUT2D eigenvalue weighted by Crippen LogP contribution is 2.67. The van der Waals surface area contributed by atoms with Gasteiger partial charge in [-0.25, -0.2) is 4.79 Å². The van der Waals surface area contributed by atoms with Crippen LogP contribution < -0.4 is 0 Å². The van der Waals surface area contributed by atoms with Crippen molar-refractivity contribution in [1.29, 1.82) is 0 Å². The average molecular weight is 344 g/mol. The van der Waals surface area contributed by atoms with E-state index in [1.165, 1.54) is 44.9 Å². The summed E-state index contributed by atoms with van der Waals surface area (Å²) in [5.74, 6) is 2.61. The minimum atomic E-state index is -0.850. The quantitative estimate of drug-likeness (QED) is 0.506. The van der Waals surface area contributed by atoms with E-state index in [1.807, 2.05) is 0 Å². The van der Waals surface area contributed by atoms with E-state index in [1.54, 1.807) is 6.08 Å². The molecule has 25 heavy (non-hydrogen) atoms. The zero-order valence-corrected chi connectivity index (χ0v) is 15.3. The second-order valence-electron chi connectivity index (χ2n) is 8.84. The maximum absolute atomic E-state index is 11.6. The van der Waals surface area contributed by atoms with Crippen molar-refractivity contribution < 1.29 is 15.0 Å². The summed E-state index contributed by atoms with van der Waals surface area (Å²) in [6.07, 6.45) is 16.1. The van der Waals surface area contributed by atoms with Gasteiger partial charge in [0.25, 0.3) is 0 Å². The normalized spacial score (nSPS) is 43.4. The Labute approximate surface area is 151 Å². The molecular weight excluding hydrogens is 312 g/mol. The third kappa shape index (κ3) is 2.79. The molecule has 0 aliphatic heterocycles. The Kier molecular flexibility index (Phi) is 4.79. The van der Waals surface area contributed by atoms with Crippen molar-refractivity contribution in [3.8, 4) is 0 Å². The smallest absolute Gasteiger partial charge is 0.331 e. The molecule has 0 bridgehead atoms. The number of hydrogen-bond acceptors (Lipinski definition) is 2. The topological polar surface area (TPSA) is 57.5 Å².